The standard InChI is InChI=1S/C43H22F12N4/c44-40(45,46)26-11-15-35-33(20-26)34-21-27(41(47,48)49)12-16-36(34)59(35)30-13-14-31(32(22-30)25-17-28(42(50,51)52)19-29(18-25)43(53,54)55)39-57-37(23-7-3-1-4-8-23)56-38(58-39)24-9-5-2-6-10-24/h1-22H. The van der Waals surface area contributed by atoms with Gasteiger partial charge in [-0.05, 0) is 83.9 Å². The molecule has 0 aliphatic rings. The molecule has 0 bridgehead atoms. The Balaban J connectivity index is 1.46. The Hall–Kier alpha value is -6.71. The Morgan fingerprint density at radius 2 is 0.763 bits per heavy atom. The highest BCUT2D eigenvalue weighted by Gasteiger charge is 2.38. The largest absolute Gasteiger partial charge is 0.416 e. The Kier molecular flexibility index (Phi) is 9.28. The number of aromatic nitrogens is 4. The van der Waals surface area contributed by atoms with E-state index in [1.54, 1.807) is 60.7 Å². The summed E-state index contributed by atoms with van der Waals surface area (Å²) in [6.45, 7) is 0. The van der Waals surface area contributed by atoms with Crippen molar-refractivity contribution in [2.24, 2.45) is 0 Å². The van der Waals surface area contributed by atoms with Crippen molar-refractivity contribution in [3.05, 3.63) is 156 Å². The van der Waals surface area contributed by atoms with Crippen LogP contribution in [-0.2, 0) is 24.7 Å². The minimum atomic E-state index is -5.25. The maximum absolute atomic E-state index is 14.3. The van der Waals surface area contributed by atoms with Crippen LogP contribution in [0.4, 0.5) is 52.7 Å². The van der Waals surface area contributed by atoms with Crippen molar-refractivity contribution in [3.8, 4) is 51.0 Å². The Morgan fingerprint density at radius 1 is 0.339 bits per heavy atom. The Labute approximate surface area is 325 Å². The SMILES string of the molecule is FC(F)(F)c1cc(-c2cc(-n3c4ccc(C(F)(F)F)cc4c4cc(C(F)(F)F)ccc43)ccc2-c2nc(-c3ccccc3)nc(-c3ccccc3)n2)cc(C(F)(F)F)c1. The van der Waals surface area contributed by atoms with Crippen molar-refractivity contribution in [2.45, 2.75) is 24.7 Å². The molecule has 2 heterocycles. The molecule has 0 amide bonds. The van der Waals surface area contributed by atoms with Gasteiger partial charge in [-0.1, -0.05) is 60.7 Å². The first-order valence-corrected chi connectivity index (χ1v) is 17.3. The summed E-state index contributed by atoms with van der Waals surface area (Å²) >= 11 is 0. The van der Waals surface area contributed by atoms with Crippen molar-refractivity contribution in [1.82, 2.24) is 19.5 Å². The van der Waals surface area contributed by atoms with Gasteiger partial charge in [0.1, 0.15) is 0 Å². The number of fused-ring (bicyclic) bond motifs is 3. The van der Waals surface area contributed by atoms with Gasteiger partial charge < -0.3 is 4.57 Å². The molecule has 0 radical (unpaired) electrons. The fourth-order valence-electron chi connectivity index (χ4n) is 6.80. The van der Waals surface area contributed by atoms with E-state index in [1.165, 1.54) is 22.8 Å². The average molecular weight is 823 g/mol. The Bertz CT molecular complexity index is 2710. The van der Waals surface area contributed by atoms with E-state index in [4.69, 9.17) is 0 Å². The Morgan fingerprint density at radius 3 is 1.19 bits per heavy atom. The van der Waals surface area contributed by atoms with E-state index in [-0.39, 0.29) is 62.2 Å². The number of alkyl halides is 12. The topological polar surface area (TPSA) is 43.6 Å². The molecule has 2 aromatic heterocycles. The third kappa shape index (κ3) is 7.57. The summed E-state index contributed by atoms with van der Waals surface area (Å²) in [5.41, 5.74) is -5.68. The molecule has 0 spiro atoms. The van der Waals surface area contributed by atoms with Gasteiger partial charge >= 0.3 is 24.7 Å². The van der Waals surface area contributed by atoms with Crippen LogP contribution in [0.2, 0.25) is 0 Å². The molecule has 0 saturated heterocycles. The quantitative estimate of drug-likeness (QED) is 0.162. The van der Waals surface area contributed by atoms with E-state index in [0.29, 0.717) is 47.5 Å². The van der Waals surface area contributed by atoms with Gasteiger partial charge in [-0.2, -0.15) is 52.7 Å². The number of nitrogens with zero attached hydrogens (tertiary/aromatic N) is 4. The molecular weight excluding hydrogens is 800 g/mol. The highest BCUT2D eigenvalue weighted by atomic mass is 19.4. The zero-order valence-electron chi connectivity index (χ0n) is 29.5. The second-order valence-electron chi connectivity index (χ2n) is 13.4. The predicted molar refractivity (Wildman–Crippen MR) is 196 cm³/mol. The summed E-state index contributed by atoms with van der Waals surface area (Å²) in [6, 6.07) is 26.6. The van der Waals surface area contributed by atoms with E-state index >= 15 is 0 Å². The lowest BCUT2D eigenvalue weighted by Gasteiger charge is -2.18. The number of hydrogen-bond donors (Lipinski definition) is 0. The second kappa shape index (κ2) is 14.0. The number of rotatable bonds is 5. The number of hydrogen-bond acceptors (Lipinski definition) is 3. The van der Waals surface area contributed by atoms with Crippen molar-refractivity contribution in [1.29, 1.82) is 0 Å². The lowest BCUT2D eigenvalue weighted by molar-refractivity contribution is -0.143. The highest BCUT2D eigenvalue weighted by molar-refractivity contribution is 6.10. The molecule has 6 aromatic carbocycles. The number of halogens is 12. The molecule has 4 nitrogen and oxygen atoms in total. The van der Waals surface area contributed by atoms with Crippen LogP contribution in [0.3, 0.4) is 0 Å². The van der Waals surface area contributed by atoms with Crippen LogP contribution in [0.5, 0.6) is 0 Å². The molecule has 0 atom stereocenters. The molecule has 0 aliphatic carbocycles. The summed E-state index contributed by atoms with van der Waals surface area (Å²) in [7, 11) is 0. The molecule has 0 saturated carbocycles. The zero-order valence-corrected chi connectivity index (χ0v) is 29.5. The molecule has 0 aliphatic heterocycles. The molecule has 59 heavy (non-hydrogen) atoms. The van der Waals surface area contributed by atoms with Gasteiger partial charge in [0, 0.05) is 33.2 Å². The lowest BCUT2D eigenvalue weighted by Crippen LogP contribution is -2.11. The fraction of sp³-hybridized carbons (Fsp3) is 0.0930. The van der Waals surface area contributed by atoms with Crippen LogP contribution in [0, 0.1) is 0 Å². The average Bonchev–Trinajstić information content (AvgIpc) is 3.53. The van der Waals surface area contributed by atoms with Crippen LogP contribution in [0.1, 0.15) is 22.3 Å². The van der Waals surface area contributed by atoms with Crippen LogP contribution < -0.4 is 0 Å². The zero-order chi connectivity index (χ0) is 42.1. The van der Waals surface area contributed by atoms with Gasteiger partial charge in [-0.3, -0.25) is 0 Å². The monoisotopic (exact) mass is 822 g/mol. The van der Waals surface area contributed by atoms with Crippen molar-refractivity contribution in [2.75, 3.05) is 0 Å². The smallest absolute Gasteiger partial charge is 0.309 e. The van der Waals surface area contributed by atoms with Crippen LogP contribution >= 0.6 is 0 Å². The first kappa shape index (κ1) is 39.1. The van der Waals surface area contributed by atoms with E-state index in [9.17, 15) is 52.7 Å². The maximum Gasteiger partial charge on any atom is 0.416 e. The molecule has 0 N–H and O–H groups in total. The second-order valence-corrected chi connectivity index (χ2v) is 13.4. The van der Waals surface area contributed by atoms with Gasteiger partial charge in [0.2, 0.25) is 0 Å². The molecule has 16 heteroatoms. The van der Waals surface area contributed by atoms with Gasteiger partial charge in [-0.25, -0.2) is 15.0 Å². The van der Waals surface area contributed by atoms with Gasteiger partial charge in [0.15, 0.2) is 17.5 Å². The van der Waals surface area contributed by atoms with Gasteiger partial charge in [0.05, 0.1) is 33.3 Å². The maximum atomic E-state index is 14.3. The molecule has 8 aromatic rings. The summed E-state index contributed by atoms with van der Waals surface area (Å²) in [4.78, 5) is 13.8. The van der Waals surface area contributed by atoms with E-state index < -0.39 is 52.5 Å². The van der Waals surface area contributed by atoms with E-state index in [2.05, 4.69) is 15.0 Å². The summed E-state index contributed by atoms with van der Waals surface area (Å²) in [6.07, 6.45) is -20.3. The van der Waals surface area contributed by atoms with Crippen molar-refractivity contribution in [3.63, 3.8) is 0 Å². The summed E-state index contributed by atoms with van der Waals surface area (Å²) < 4.78 is 170. The first-order valence-electron chi connectivity index (χ1n) is 17.3. The van der Waals surface area contributed by atoms with Crippen LogP contribution in [-0.4, -0.2) is 19.5 Å². The minimum absolute atomic E-state index is 0.0325. The minimum Gasteiger partial charge on any atom is -0.309 e. The van der Waals surface area contributed by atoms with Crippen LogP contribution in [0.15, 0.2) is 133 Å². The van der Waals surface area contributed by atoms with Crippen LogP contribution in [0.25, 0.3) is 72.8 Å². The van der Waals surface area contributed by atoms with Gasteiger partial charge in [0.25, 0.3) is 0 Å². The van der Waals surface area contributed by atoms with Crippen molar-refractivity contribution < 1.29 is 52.7 Å². The van der Waals surface area contributed by atoms with E-state index in [0.717, 1.165) is 12.1 Å². The van der Waals surface area contributed by atoms with Crippen molar-refractivity contribution >= 4 is 21.8 Å². The van der Waals surface area contributed by atoms with Gasteiger partial charge in [-0.15, -0.1) is 0 Å². The third-order valence-corrected chi connectivity index (χ3v) is 9.52. The molecule has 8 rings (SSSR count). The molecular formula is C43H22F12N4. The predicted octanol–water partition coefficient (Wildman–Crippen LogP) is 13.7. The summed E-state index contributed by atoms with van der Waals surface area (Å²) in [5.74, 6) is 0.0396. The summed E-state index contributed by atoms with van der Waals surface area (Å²) in [5, 5.41) is -0.495. The fourth-order valence-corrected chi connectivity index (χ4v) is 6.80. The normalized spacial score (nSPS) is 12.7. The molecule has 0 fully saturated rings. The number of benzene rings is 6. The lowest BCUT2D eigenvalue weighted by atomic mass is 9.94. The van der Waals surface area contributed by atoms with E-state index in [1.807, 2.05) is 0 Å². The highest BCUT2D eigenvalue weighted by Crippen LogP contribution is 2.44. The first-order chi connectivity index (χ1) is 27.8. The molecule has 0 unspecified atom stereocenters. The third-order valence-electron chi connectivity index (χ3n) is 9.52. The molecule has 298 valence electrons.